The predicted molar refractivity (Wildman–Crippen MR) is 77.4 cm³/mol. The Kier molecular flexibility index (Phi) is 4.66. The number of nitrogens with one attached hydrogen (secondary N) is 1. The smallest absolute Gasteiger partial charge is 0.0491 e. The summed E-state index contributed by atoms with van der Waals surface area (Å²) < 4.78 is 0. The minimum atomic E-state index is 0.228. The monoisotopic (exact) mass is 266 g/mol. The number of hydrogen-bond acceptors (Lipinski definition) is 2. The topological polar surface area (TPSA) is 38.0 Å². The summed E-state index contributed by atoms with van der Waals surface area (Å²) >= 11 is 6.12. The van der Waals surface area contributed by atoms with Gasteiger partial charge in [-0.05, 0) is 54.9 Å². The van der Waals surface area contributed by atoms with Gasteiger partial charge < -0.3 is 0 Å². The van der Waals surface area contributed by atoms with Crippen LogP contribution in [0.15, 0.2) is 18.2 Å². The molecule has 0 heterocycles. The van der Waals surface area contributed by atoms with Crippen LogP contribution < -0.4 is 11.3 Å². The fourth-order valence-electron chi connectivity index (χ4n) is 3.21. The SMILES string of the molecule is Cc1ccc(Cl)cc1C(NN)C1CCCC(C)C1. The summed E-state index contributed by atoms with van der Waals surface area (Å²) in [6.45, 7) is 4.47. The molecule has 3 atom stereocenters. The molecule has 0 radical (unpaired) electrons. The molecule has 1 aliphatic rings. The van der Waals surface area contributed by atoms with Crippen molar-refractivity contribution in [1.82, 2.24) is 5.43 Å². The number of benzene rings is 1. The van der Waals surface area contributed by atoms with E-state index in [0.29, 0.717) is 5.92 Å². The first-order valence-corrected chi connectivity index (χ1v) is 7.21. The van der Waals surface area contributed by atoms with E-state index >= 15 is 0 Å². The van der Waals surface area contributed by atoms with Gasteiger partial charge in [0.15, 0.2) is 0 Å². The van der Waals surface area contributed by atoms with Gasteiger partial charge in [0.25, 0.3) is 0 Å². The third-order valence-electron chi connectivity index (χ3n) is 4.20. The molecule has 1 aromatic rings. The number of halogens is 1. The summed E-state index contributed by atoms with van der Waals surface area (Å²) in [5.74, 6) is 7.23. The van der Waals surface area contributed by atoms with Crippen molar-refractivity contribution >= 4 is 11.6 Å². The Morgan fingerprint density at radius 1 is 1.39 bits per heavy atom. The summed E-state index contributed by atoms with van der Waals surface area (Å²) in [5, 5.41) is 0.791. The molecule has 2 nitrogen and oxygen atoms in total. The first-order chi connectivity index (χ1) is 8.61. The van der Waals surface area contributed by atoms with Crippen molar-refractivity contribution in [2.45, 2.75) is 45.6 Å². The van der Waals surface area contributed by atoms with Crippen molar-refractivity contribution in [3.8, 4) is 0 Å². The van der Waals surface area contributed by atoms with Gasteiger partial charge in [0, 0.05) is 11.1 Å². The van der Waals surface area contributed by atoms with Gasteiger partial charge in [-0.25, -0.2) is 0 Å². The minimum Gasteiger partial charge on any atom is -0.271 e. The van der Waals surface area contributed by atoms with Crippen molar-refractivity contribution in [2.24, 2.45) is 17.7 Å². The molecule has 3 heteroatoms. The molecule has 0 saturated heterocycles. The second-order valence-electron chi connectivity index (χ2n) is 5.68. The van der Waals surface area contributed by atoms with Crippen LogP contribution in [-0.4, -0.2) is 0 Å². The van der Waals surface area contributed by atoms with Crippen LogP contribution in [0.2, 0.25) is 5.02 Å². The number of nitrogens with two attached hydrogens (primary N) is 1. The highest BCUT2D eigenvalue weighted by molar-refractivity contribution is 6.30. The lowest BCUT2D eigenvalue weighted by molar-refractivity contribution is 0.224. The van der Waals surface area contributed by atoms with E-state index < -0.39 is 0 Å². The molecule has 1 aromatic carbocycles. The molecule has 1 saturated carbocycles. The molecule has 0 aliphatic heterocycles. The van der Waals surface area contributed by atoms with Crippen LogP contribution in [0.3, 0.4) is 0 Å². The maximum atomic E-state index is 6.12. The van der Waals surface area contributed by atoms with Crippen molar-refractivity contribution in [3.05, 3.63) is 34.3 Å². The number of hydrogen-bond donors (Lipinski definition) is 2. The van der Waals surface area contributed by atoms with Crippen molar-refractivity contribution in [1.29, 1.82) is 0 Å². The van der Waals surface area contributed by atoms with Crippen LogP contribution in [0.4, 0.5) is 0 Å². The third kappa shape index (κ3) is 3.05. The van der Waals surface area contributed by atoms with Crippen LogP contribution in [-0.2, 0) is 0 Å². The highest BCUT2D eigenvalue weighted by Gasteiger charge is 2.28. The van der Waals surface area contributed by atoms with E-state index in [9.17, 15) is 0 Å². The lowest BCUT2D eigenvalue weighted by Crippen LogP contribution is -2.36. The Bertz CT molecular complexity index is 405. The molecule has 0 amide bonds. The average molecular weight is 267 g/mol. The molecule has 100 valence electrons. The quantitative estimate of drug-likeness (QED) is 0.642. The lowest BCUT2D eigenvalue weighted by atomic mass is 9.76. The average Bonchev–Trinajstić information content (AvgIpc) is 2.35. The van der Waals surface area contributed by atoms with Gasteiger partial charge in [-0.15, -0.1) is 0 Å². The Labute approximate surface area is 115 Å². The van der Waals surface area contributed by atoms with Crippen LogP contribution in [0, 0.1) is 18.8 Å². The fraction of sp³-hybridized carbons (Fsp3) is 0.600. The van der Waals surface area contributed by atoms with Gasteiger partial charge in [-0.1, -0.05) is 37.4 Å². The molecule has 0 spiro atoms. The van der Waals surface area contributed by atoms with Gasteiger partial charge >= 0.3 is 0 Å². The summed E-state index contributed by atoms with van der Waals surface area (Å²) in [5.41, 5.74) is 5.54. The molecule has 18 heavy (non-hydrogen) atoms. The summed E-state index contributed by atoms with van der Waals surface area (Å²) in [7, 11) is 0. The van der Waals surface area contributed by atoms with Gasteiger partial charge in [0.05, 0.1) is 0 Å². The summed E-state index contributed by atoms with van der Waals surface area (Å²) in [4.78, 5) is 0. The second-order valence-corrected chi connectivity index (χ2v) is 6.11. The Balaban J connectivity index is 2.24. The maximum absolute atomic E-state index is 6.12. The second kappa shape index (κ2) is 6.05. The highest BCUT2D eigenvalue weighted by atomic mass is 35.5. The van der Waals surface area contributed by atoms with Gasteiger partial charge in [-0.2, -0.15) is 0 Å². The van der Waals surface area contributed by atoms with E-state index in [-0.39, 0.29) is 6.04 Å². The van der Waals surface area contributed by atoms with Crippen LogP contribution in [0.25, 0.3) is 0 Å². The maximum Gasteiger partial charge on any atom is 0.0491 e. The molecule has 1 aliphatic carbocycles. The first-order valence-electron chi connectivity index (χ1n) is 6.84. The number of rotatable bonds is 3. The zero-order valence-corrected chi connectivity index (χ0v) is 12.0. The zero-order valence-electron chi connectivity index (χ0n) is 11.2. The highest BCUT2D eigenvalue weighted by Crippen LogP contribution is 2.38. The third-order valence-corrected chi connectivity index (χ3v) is 4.44. The molecular formula is C15H23ClN2. The van der Waals surface area contributed by atoms with Crippen molar-refractivity contribution < 1.29 is 0 Å². The first kappa shape index (κ1) is 13.9. The summed E-state index contributed by atoms with van der Waals surface area (Å²) in [6.07, 6.45) is 5.16. The molecule has 3 N–H and O–H groups in total. The molecule has 0 aromatic heterocycles. The Hall–Kier alpha value is -0.570. The molecule has 2 rings (SSSR count). The van der Waals surface area contributed by atoms with E-state index in [2.05, 4.69) is 31.4 Å². The molecule has 1 fully saturated rings. The van der Waals surface area contributed by atoms with Crippen molar-refractivity contribution in [2.75, 3.05) is 0 Å². The Morgan fingerprint density at radius 2 is 2.17 bits per heavy atom. The van der Waals surface area contributed by atoms with Gasteiger partial charge in [-0.3, -0.25) is 11.3 Å². The van der Waals surface area contributed by atoms with E-state index in [1.54, 1.807) is 0 Å². The largest absolute Gasteiger partial charge is 0.271 e. The zero-order chi connectivity index (χ0) is 13.1. The van der Waals surface area contributed by atoms with Crippen LogP contribution >= 0.6 is 11.6 Å². The van der Waals surface area contributed by atoms with E-state index in [4.69, 9.17) is 17.4 Å². The van der Waals surface area contributed by atoms with Crippen LogP contribution in [0.1, 0.15) is 49.8 Å². The van der Waals surface area contributed by atoms with Gasteiger partial charge in [0.1, 0.15) is 0 Å². The fourth-order valence-corrected chi connectivity index (χ4v) is 3.39. The molecule has 0 bridgehead atoms. The van der Waals surface area contributed by atoms with E-state index in [1.807, 2.05) is 6.07 Å². The number of hydrazine groups is 1. The van der Waals surface area contributed by atoms with Crippen LogP contribution in [0.5, 0.6) is 0 Å². The van der Waals surface area contributed by atoms with E-state index in [1.165, 1.54) is 36.8 Å². The number of aryl methyl sites for hydroxylation is 1. The lowest BCUT2D eigenvalue weighted by Gasteiger charge is -2.34. The summed E-state index contributed by atoms with van der Waals surface area (Å²) in [6, 6.07) is 6.30. The van der Waals surface area contributed by atoms with Crippen molar-refractivity contribution in [3.63, 3.8) is 0 Å². The minimum absolute atomic E-state index is 0.228. The molecule has 3 unspecified atom stereocenters. The van der Waals surface area contributed by atoms with E-state index in [0.717, 1.165) is 10.9 Å². The standard InChI is InChI=1S/C15H23ClN2/c1-10-4-3-5-12(8-10)15(18-17)14-9-13(16)7-6-11(14)2/h6-7,9-10,12,15,18H,3-5,8,17H2,1-2H3. The predicted octanol–water partition coefficient (Wildman–Crippen LogP) is 3.98. The normalized spacial score (nSPS) is 26.0. The Morgan fingerprint density at radius 3 is 2.83 bits per heavy atom. The molecular weight excluding hydrogens is 244 g/mol. The van der Waals surface area contributed by atoms with Gasteiger partial charge in [0.2, 0.25) is 0 Å².